The minimum absolute atomic E-state index is 0.0585. The number of benzene rings is 2. The molecule has 0 radical (unpaired) electrons. The molecular formula is C20H22F2N2O3S. The van der Waals surface area contributed by atoms with Crippen LogP contribution in [0.3, 0.4) is 0 Å². The van der Waals surface area contributed by atoms with E-state index in [2.05, 4.69) is 5.32 Å². The molecule has 0 atom stereocenters. The van der Waals surface area contributed by atoms with Gasteiger partial charge in [0.2, 0.25) is 0 Å². The molecule has 8 heteroatoms. The number of anilines is 1. The van der Waals surface area contributed by atoms with Gasteiger partial charge in [0.25, 0.3) is 5.91 Å². The first kappa shape index (κ1) is 21.7. The van der Waals surface area contributed by atoms with Crippen molar-refractivity contribution >= 4 is 29.3 Å². The summed E-state index contributed by atoms with van der Waals surface area (Å²) in [4.78, 5) is 26.0. The third-order valence-corrected chi connectivity index (χ3v) is 4.77. The maximum absolute atomic E-state index is 13.1. The molecule has 0 aliphatic rings. The van der Waals surface area contributed by atoms with Gasteiger partial charge >= 0.3 is 5.97 Å². The highest BCUT2D eigenvalue weighted by Crippen LogP contribution is 2.21. The molecule has 0 fully saturated rings. The molecule has 1 N–H and O–H groups in total. The van der Waals surface area contributed by atoms with E-state index < -0.39 is 23.5 Å². The molecule has 0 unspecified atom stereocenters. The molecule has 2 rings (SSSR count). The zero-order valence-corrected chi connectivity index (χ0v) is 16.5. The number of halogens is 2. The van der Waals surface area contributed by atoms with Crippen LogP contribution in [0.5, 0.6) is 0 Å². The average molecular weight is 408 g/mol. The largest absolute Gasteiger partial charge is 0.456 e. The Morgan fingerprint density at radius 1 is 1.07 bits per heavy atom. The monoisotopic (exact) mass is 408 g/mol. The number of hydrogen-bond acceptors (Lipinski definition) is 5. The molecular weight excluding hydrogens is 386 g/mol. The fourth-order valence-electron chi connectivity index (χ4n) is 2.20. The summed E-state index contributed by atoms with van der Waals surface area (Å²) in [5.41, 5.74) is 2.00. The summed E-state index contributed by atoms with van der Waals surface area (Å²) in [7, 11) is 3.89. The van der Waals surface area contributed by atoms with Crippen molar-refractivity contribution in [2.75, 3.05) is 31.4 Å². The lowest BCUT2D eigenvalue weighted by molar-refractivity contribution is -0.148. The molecule has 2 aromatic rings. The van der Waals surface area contributed by atoms with Gasteiger partial charge in [-0.15, -0.1) is 11.8 Å². The number of carbonyl (C=O) groups is 2. The van der Waals surface area contributed by atoms with E-state index in [9.17, 15) is 18.4 Å². The van der Waals surface area contributed by atoms with Crippen LogP contribution in [0.15, 0.2) is 47.4 Å². The van der Waals surface area contributed by atoms with E-state index in [0.717, 1.165) is 23.4 Å². The van der Waals surface area contributed by atoms with E-state index in [1.54, 1.807) is 0 Å². The minimum atomic E-state index is -0.930. The molecule has 28 heavy (non-hydrogen) atoms. The smallest absolute Gasteiger partial charge is 0.307 e. The predicted octanol–water partition coefficient (Wildman–Crippen LogP) is 3.37. The Morgan fingerprint density at radius 2 is 1.79 bits per heavy atom. The van der Waals surface area contributed by atoms with Gasteiger partial charge in [-0.1, -0.05) is 12.1 Å². The van der Waals surface area contributed by atoms with Crippen LogP contribution in [0.25, 0.3) is 0 Å². The van der Waals surface area contributed by atoms with E-state index in [1.165, 1.54) is 17.8 Å². The van der Waals surface area contributed by atoms with E-state index in [1.807, 2.05) is 43.3 Å². The summed E-state index contributed by atoms with van der Waals surface area (Å²) in [6, 6.07) is 11.3. The van der Waals surface area contributed by atoms with Crippen LogP contribution >= 0.6 is 11.8 Å². The molecule has 0 saturated heterocycles. The maximum Gasteiger partial charge on any atom is 0.307 e. The van der Waals surface area contributed by atoms with Gasteiger partial charge in [-0.05, 0) is 35.9 Å². The predicted molar refractivity (Wildman–Crippen MR) is 105 cm³/mol. The quantitative estimate of drug-likeness (QED) is 0.509. The van der Waals surface area contributed by atoms with Gasteiger partial charge in [-0.2, -0.15) is 0 Å². The fraction of sp³-hybridized carbons (Fsp3) is 0.300. The Labute approximate surface area is 167 Å². The molecule has 2 aromatic carbocycles. The summed E-state index contributed by atoms with van der Waals surface area (Å²) in [5.74, 6) is -2.42. The van der Waals surface area contributed by atoms with Gasteiger partial charge in [0.1, 0.15) is 0 Å². The van der Waals surface area contributed by atoms with Crippen LogP contribution in [0, 0.1) is 11.6 Å². The van der Waals surface area contributed by atoms with Crippen LogP contribution < -0.4 is 10.2 Å². The van der Waals surface area contributed by atoms with Crippen molar-refractivity contribution in [1.29, 1.82) is 0 Å². The molecule has 0 aromatic heterocycles. The Morgan fingerprint density at radius 3 is 2.43 bits per heavy atom. The molecule has 0 saturated carbocycles. The number of ether oxygens (including phenoxy) is 1. The maximum atomic E-state index is 13.1. The summed E-state index contributed by atoms with van der Waals surface area (Å²) >= 11 is 1.21. The van der Waals surface area contributed by atoms with E-state index >= 15 is 0 Å². The molecule has 150 valence electrons. The van der Waals surface area contributed by atoms with Crippen molar-refractivity contribution in [3.8, 4) is 0 Å². The summed E-state index contributed by atoms with van der Waals surface area (Å²) in [6.45, 7) is -0.0134. The first-order chi connectivity index (χ1) is 13.3. The van der Waals surface area contributed by atoms with Crippen molar-refractivity contribution < 1.29 is 23.1 Å². The lowest BCUT2D eigenvalue weighted by Crippen LogP contribution is -2.28. The number of carbonyl (C=O) groups excluding carboxylic acids is 2. The number of esters is 1. The van der Waals surface area contributed by atoms with Crippen molar-refractivity contribution in [2.24, 2.45) is 0 Å². The van der Waals surface area contributed by atoms with Crippen molar-refractivity contribution in [1.82, 2.24) is 5.32 Å². The van der Waals surface area contributed by atoms with E-state index in [4.69, 9.17) is 4.74 Å². The number of nitrogens with one attached hydrogen (secondary N) is 1. The second kappa shape index (κ2) is 10.7. The highest BCUT2D eigenvalue weighted by Gasteiger charge is 2.09. The van der Waals surface area contributed by atoms with Crippen LogP contribution in [-0.2, 0) is 20.9 Å². The first-order valence-corrected chi connectivity index (χ1v) is 9.60. The summed E-state index contributed by atoms with van der Waals surface area (Å²) < 4.78 is 30.9. The third kappa shape index (κ3) is 7.19. The average Bonchev–Trinajstić information content (AvgIpc) is 2.67. The molecule has 0 heterocycles. The standard InChI is InChI=1S/C20H22F2N2O3S/c1-24(2)15-5-3-14(4-6-15)12-23-19(25)13-27-20(26)9-10-28-16-7-8-17(21)18(22)11-16/h3-8,11H,9-10,12-13H2,1-2H3,(H,23,25). The van der Waals surface area contributed by atoms with Gasteiger partial charge in [0.05, 0.1) is 6.42 Å². The van der Waals surface area contributed by atoms with Gasteiger partial charge in [-0.3, -0.25) is 9.59 Å². The third-order valence-electron chi connectivity index (χ3n) is 3.77. The normalized spacial score (nSPS) is 10.4. The molecule has 0 bridgehead atoms. The van der Waals surface area contributed by atoms with Gasteiger partial charge in [0, 0.05) is 37.0 Å². The second-order valence-electron chi connectivity index (χ2n) is 6.17. The molecule has 0 aliphatic carbocycles. The van der Waals surface area contributed by atoms with Crippen molar-refractivity contribution in [2.45, 2.75) is 17.9 Å². The first-order valence-electron chi connectivity index (χ1n) is 8.61. The van der Waals surface area contributed by atoms with Crippen LogP contribution in [0.2, 0.25) is 0 Å². The Bertz CT molecular complexity index is 814. The number of amides is 1. The van der Waals surface area contributed by atoms with Crippen molar-refractivity contribution in [3.05, 3.63) is 59.7 Å². The highest BCUT2D eigenvalue weighted by molar-refractivity contribution is 7.99. The molecule has 5 nitrogen and oxygen atoms in total. The molecule has 0 aliphatic heterocycles. The highest BCUT2D eigenvalue weighted by atomic mass is 32.2. The fourth-order valence-corrected chi connectivity index (χ4v) is 3.06. The van der Waals surface area contributed by atoms with Gasteiger partial charge in [0.15, 0.2) is 18.2 Å². The molecule has 0 spiro atoms. The van der Waals surface area contributed by atoms with Crippen LogP contribution in [0.4, 0.5) is 14.5 Å². The lowest BCUT2D eigenvalue weighted by atomic mass is 10.2. The number of thioether (sulfide) groups is 1. The Balaban J connectivity index is 1.63. The Kier molecular flexibility index (Phi) is 8.25. The van der Waals surface area contributed by atoms with Crippen LogP contribution in [0.1, 0.15) is 12.0 Å². The number of hydrogen-bond donors (Lipinski definition) is 1. The zero-order valence-electron chi connectivity index (χ0n) is 15.7. The zero-order chi connectivity index (χ0) is 20.5. The van der Waals surface area contributed by atoms with E-state index in [0.29, 0.717) is 17.2 Å². The summed E-state index contributed by atoms with van der Waals surface area (Å²) in [5, 5.41) is 2.68. The van der Waals surface area contributed by atoms with Crippen LogP contribution in [-0.4, -0.2) is 38.3 Å². The lowest BCUT2D eigenvalue weighted by Gasteiger charge is -2.13. The number of nitrogens with zero attached hydrogens (tertiary/aromatic N) is 1. The van der Waals surface area contributed by atoms with Crippen molar-refractivity contribution in [3.63, 3.8) is 0 Å². The number of rotatable bonds is 9. The van der Waals surface area contributed by atoms with Gasteiger partial charge < -0.3 is 15.0 Å². The molecule has 1 amide bonds. The topological polar surface area (TPSA) is 58.6 Å². The van der Waals surface area contributed by atoms with Gasteiger partial charge in [-0.25, -0.2) is 8.78 Å². The minimum Gasteiger partial charge on any atom is -0.456 e. The Hall–Kier alpha value is -2.61. The SMILES string of the molecule is CN(C)c1ccc(CNC(=O)COC(=O)CCSc2ccc(F)c(F)c2)cc1. The van der Waals surface area contributed by atoms with E-state index in [-0.39, 0.29) is 13.0 Å². The second-order valence-corrected chi connectivity index (χ2v) is 7.34. The summed E-state index contributed by atoms with van der Waals surface area (Å²) in [6.07, 6.45) is 0.0585.